The summed E-state index contributed by atoms with van der Waals surface area (Å²) in [5.74, 6) is -0.598. The topological polar surface area (TPSA) is 67.8 Å². The fraction of sp³-hybridized carbons (Fsp3) is 0.118. The molecule has 0 atom stereocenters. The first kappa shape index (κ1) is 15.4. The molecular weight excluding hydrogens is 280 g/mol. The first-order valence-electron chi connectivity index (χ1n) is 6.71. The maximum atomic E-state index is 12.7. The summed E-state index contributed by atoms with van der Waals surface area (Å²) in [7, 11) is 2.85. The summed E-state index contributed by atoms with van der Waals surface area (Å²) < 4.78 is 0. The van der Waals surface area contributed by atoms with Crippen LogP contribution in [0.4, 0.5) is 0 Å². The fourth-order valence-electron chi connectivity index (χ4n) is 2.06. The molecule has 1 N–H and O–H groups in total. The lowest BCUT2D eigenvalue weighted by atomic mass is 9.95. The Balaban J connectivity index is 2.53. The predicted octanol–water partition coefficient (Wildman–Crippen LogP) is 2.01. The van der Waals surface area contributed by atoms with Crippen LogP contribution in [0, 0.1) is 0 Å². The van der Waals surface area contributed by atoms with Crippen LogP contribution in [-0.4, -0.2) is 31.6 Å². The van der Waals surface area contributed by atoms with Gasteiger partial charge in [-0.05, 0) is 0 Å². The molecule has 1 amide bonds. The standard InChI is InChI=1S/C17H16N2O3/c1-18-17(21)15(19-22-2)13-10-6-7-11-14(13)16(20)12-8-4-3-5-9-12/h3-11H,1-2H3,(H,18,21). The number of benzene rings is 2. The Hall–Kier alpha value is -2.95. The van der Waals surface area contributed by atoms with Crippen LogP contribution in [-0.2, 0) is 9.63 Å². The van der Waals surface area contributed by atoms with Gasteiger partial charge in [-0.25, -0.2) is 0 Å². The molecule has 5 heteroatoms. The van der Waals surface area contributed by atoms with Crippen LogP contribution in [0.5, 0.6) is 0 Å². The van der Waals surface area contributed by atoms with Gasteiger partial charge >= 0.3 is 0 Å². The molecule has 2 rings (SSSR count). The number of nitrogens with one attached hydrogen (secondary N) is 1. The van der Waals surface area contributed by atoms with Gasteiger partial charge in [0.25, 0.3) is 5.91 Å². The summed E-state index contributed by atoms with van der Waals surface area (Å²) in [6.45, 7) is 0. The number of hydrogen-bond acceptors (Lipinski definition) is 4. The third-order valence-electron chi connectivity index (χ3n) is 3.09. The van der Waals surface area contributed by atoms with E-state index in [2.05, 4.69) is 10.5 Å². The SMILES string of the molecule is CNC(=O)C(=NOC)c1ccccc1C(=O)c1ccccc1. The van der Waals surface area contributed by atoms with Gasteiger partial charge in [0.05, 0.1) is 0 Å². The zero-order valence-electron chi connectivity index (χ0n) is 12.4. The number of rotatable bonds is 5. The second-order valence-electron chi connectivity index (χ2n) is 4.44. The fourth-order valence-corrected chi connectivity index (χ4v) is 2.06. The first-order valence-corrected chi connectivity index (χ1v) is 6.71. The van der Waals surface area contributed by atoms with E-state index in [1.807, 2.05) is 6.07 Å². The van der Waals surface area contributed by atoms with Crippen LogP contribution in [0.3, 0.4) is 0 Å². The van der Waals surface area contributed by atoms with E-state index in [1.165, 1.54) is 14.2 Å². The molecule has 0 aromatic heterocycles. The molecule has 0 bridgehead atoms. The maximum Gasteiger partial charge on any atom is 0.273 e. The molecule has 0 saturated carbocycles. The van der Waals surface area contributed by atoms with E-state index in [9.17, 15) is 9.59 Å². The van der Waals surface area contributed by atoms with E-state index in [0.29, 0.717) is 16.7 Å². The summed E-state index contributed by atoms with van der Waals surface area (Å²) in [5, 5.41) is 6.25. The number of likely N-dealkylation sites (N-methyl/N-ethyl adjacent to an activating group) is 1. The largest absolute Gasteiger partial charge is 0.398 e. The van der Waals surface area contributed by atoms with Crippen molar-refractivity contribution in [3.63, 3.8) is 0 Å². The third kappa shape index (κ3) is 3.20. The zero-order valence-corrected chi connectivity index (χ0v) is 12.4. The van der Waals surface area contributed by atoms with E-state index in [1.54, 1.807) is 48.5 Å². The predicted molar refractivity (Wildman–Crippen MR) is 83.9 cm³/mol. The van der Waals surface area contributed by atoms with Crippen molar-refractivity contribution in [1.82, 2.24) is 5.32 Å². The molecule has 0 heterocycles. The molecule has 112 valence electrons. The van der Waals surface area contributed by atoms with Crippen molar-refractivity contribution in [2.24, 2.45) is 5.16 Å². The van der Waals surface area contributed by atoms with Gasteiger partial charge < -0.3 is 10.2 Å². The van der Waals surface area contributed by atoms with Gasteiger partial charge in [0.15, 0.2) is 11.5 Å². The average Bonchev–Trinajstić information content (AvgIpc) is 2.59. The number of hydrogen-bond donors (Lipinski definition) is 1. The van der Waals surface area contributed by atoms with Crippen molar-refractivity contribution in [1.29, 1.82) is 0 Å². The van der Waals surface area contributed by atoms with Crippen LogP contribution in [0.2, 0.25) is 0 Å². The minimum Gasteiger partial charge on any atom is -0.398 e. The number of ketones is 1. The maximum absolute atomic E-state index is 12.7. The van der Waals surface area contributed by atoms with Crippen molar-refractivity contribution < 1.29 is 14.4 Å². The van der Waals surface area contributed by atoms with Crippen LogP contribution in [0.15, 0.2) is 59.8 Å². The van der Waals surface area contributed by atoms with Gasteiger partial charge in [0.2, 0.25) is 0 Å². The van der Waals surface area contributed by atoms with Gasteiger partial charge in [-0.3, -0.25) is 9.59 Å². The van der Waals surface area contributed by atoms with E-state index in [4.69, 9.17) is 4.84 Å². The second-order valence-corrected chi connectivity index (χ2v) is 4.44. The molecule has 0 spiro atoms. The summed E-state index contributed by atoms with van der Waals surface area (Å²) >= 11 is 0. The molecule has 2 aromatic rings. The average molecular weight is 296 g/mol. The Bertz CT molecular complexity index is 709. The highest BCUT2D eigenvalue weighted by Gasteiger charge is 2.21. The van der Waals surface area contributed by atoms with Gasteiger partial charge in [0, 0.05) is 23.7 Å². The zero-order chi connectivity index (χ0) is 15.9. The van der Waals surface area contributed by atoms with Crippen LogP contribution in [0.1, 0.15) is 21.5 Å². The minimum atomic E-state index is -0.421. The molecule has 0 unspecified atom stereocenters. The minimum absolute atomic E-state index is 0.0601. The van der Waals surface area contributed by atoms with Crippen molar-refractivity contribution in [2.45, 2.75) is 0 Å². The summed E-state index contributed by atoms with van der Waals surface area (Å²) in [6.07, 6.45) is 0. The van der Waals surface area contributed by atoms with Crippen molar-refractivity contribution in [3.8, 4) is 0 Å². The summed E-state index contributed by atoms with van der Waals surface area (Å²) in [6, 6.07) is 15.7. The van der Waals surface area contributed by atoms with E-state index < -0.39 is 5.91 Å². The summed E-state index contributed by atoms with van der Waals surface area (Å²) in [5.41, 5.74) is 1.43. The van der Waals surface area contributed by atoms with Gasteiger partial charge in [-0.2, -0.15) is 0 Å². The van der Waals surface area contributed by atoms with E-state index >= 15 is 0 Å². The number of carbonyl (C=O) groups is 2. The molecule has 0 saturated heterocycles. The Labute approximate surface area is 128 Å². The second kappa shape index (κ2) is 7.17. The smallest absolute Gasteiger partial charge is 0.273 e. The van der Waals surface area contributed by atoms with E-state index in [-0.39, 0.29) is 11.5 Å². The third-order valence-corrected chi connectivity index (χ3v) is 3.09. The molecule has 0 aliphatic carbocycles. The lowest BCUT2D eigenvalue weighted by Crippen LogP contribution is -2.30. The van der Waals surface area contributed by atoms with Gasteiger partial charge in [0.1, 0.15) is 7.11 Å². The Morgan fingerprint density at radius 1 is 0.955 bits per heavy atom. The number of oxime groups is 1. The number of amides is 1. The highest BCUT2D eigenvalue weighted by atomic mass is 16.6. The monoisotopic (exact) mass is 296 g/mol. The molecule has 0 aliphatic heterocycles. The van der Waals surface area contributed by atoms with Crippen molar-refractivity contribution in [2.75, 3.05) is 14.2 Å². The summed E-state index contributed by atoms with van der Waals surface area (Å²) in [4.78, 5) is 29.4. The van der Waals surface area contributed by atoms with Crippen molar-refractivity contribution in [3.05, 3.63) is 71.3 Å². The molecule has 0 aliphatic rings. The Kier molecular flexibility index (Phi) is 5.03. The molecule has 2 aromatic carbocycles. The van der Waals surface area contributed by atoms with Crippen LogP contribution >= 0.6 is 0 Å². The van der Waals surface area contributed by atoms with Crippen LogP contribution < -0.4 is 5.32 Å². The molecule has 0 radical (unpaired) electrons. The highest BCUT2D eigenvalue weighted by molar-refractivity contribution is 6.46. The molecule has 22 heavy (non-hydrogen) atoms. The number of nitrogens with zero attached hydrogens (tertiary/aromatic N) is 1. The number of carbonyl (C=O) groups excluding carboxylic acids is 2. The molecular formula is C17H16N2O3. The Morgan fingerprint density at radius 3 is 2.14 bits per heavy atom. The molecule has 5 nitrogen and oxygen atoms in total. The quantitative estimate of drug-likeness (QED) is 0.521. The first-order chi connectivity index (χ1) is 10.7. The Morgan fingerprint density at radius 2 is 1.55 bits per heavy atom. The lowest BCUT2D eigenvalue weighted by Gasteiger charge is -2.10. The van der Waals surface area contributed by atoms with Gasteiger partial charge in [-0.1, -0.05) is 59.8 Å². The van der Waals surface area contributed by atoms with E-state index in [0.717, 1.165) is 0 Å². The lowest BCUT2D eigenvalue weighted by molar-refractivity contribution is -0.114. The van der Waals surface area contributed by atoms with Crippen LogP contribution in [0.25, 0.3) is 0 Å². The van der Waals surface area contributed by atoms with Gasteiger partial charge in [-0.15, -0.1) is 0 Å². The highest BCUT2D eigenvalue weighted by Crippen LogP contribution is 2.16. The molecule has 0 fully saturated rings. The van der Waals surface area contributed by atoms with Crippen molar-refractivity contribution >= 4 is 17.4 Å². The normalized spacial score (nSPS) is 10.9.